The van der Waals surface area contributed by atoms with Crippen LogP contribution in [0.3, 0.4) is 0 Å². The van der Waals surface area contributed by atoms with Gasteiger partial charge < -0.3 is 10.5 Å². The Labute approximate surface area is 104 Å². The van der Waals surface area contributed by atoms with E-state index in [0.29, 0.717) is 16.8 Å². The van der Waals surface area contributed by atoms with E-state index >= 15 is 0 Å². The zero-order valence-corrected chi connectivity index (χ0v) is 11.4. The Kier molecular flexibility index (Phi) is 4.33. The van der Waals surface area contributed by atoms with Crippen LogP contribution in [0.25, 0.3) is 0 Å². The van der Waals surface area contributed by atoms with Crippen LogP contribution in [0.1, 0.15) is 25.8 Å². The fourth-order valence-electron chi connectivity index (χ4n) is 1.72. The van der Waals surface area contributed by atoms with Gasteiger partial charge in [-0.15, -0.1) is 0 Å². The van der Waals surface area contributed by atoms with Crippen molar-refractivity contribution in [3.05, 3.63) is 28.0 Å². The topological polar surface area (TPSA) is 35.2 Å². The summed E-state index contributed by atoms with van der Waals surface area (Å²) in [6, 6.07) is 3.17. The van der Waals surface area contributed by atoms with Crippen molar-refractivity contribution < 1.29 is 9.13 Å². The summed E-state index contributed by atoms with van der Waals surface area (Å²) in [7, 11) is 1.55. The van der Waals surface area contributed by atoms with E-state index < -0.39 is 0 Å². The van der Waals surface area contributed by atoms with E-state index in [9.17, 15) is 4.39 Å². The zero-order chi connectivity index (χ0) is 12.3. The first kappa shape index (κ1) is 13.5. The molecule has 1 rings (SSSR count). The number of ether oxygens (including phenoxy) is 1. The average Bonchev–Trinajstić information content (AvgIpc) is 2.21. The number of methoxy groups -OCH3 is 1. The molecule has 0 atom stereocenters. The number of halogens is 2. The lowest BCUT2D eigenvalue weighted by molar-refractivity contribution is 0.383. The fraction of sp³-hybridized carbons (Fsp3) is 0.500. The molecule has 0 aliphatic carbocycles. The first-order valence-corrected chi connectivity index (χ1v) is 5.95. The first-order valence-electron chi connectivity index (χ1n) is 5.16. The Balaban J connectivity index is 3.26. The molecule has 0 saturated heterocycles. The van der Waals surface area contributed by atoms with Gasteiger partial charge in [0.25, 0.3) is 0 Å². The summed E-state index contributed by atoms with van der Waals surface area (Å²) in [6.45, 7) is 4.73. The fourth-order valence-corrected chi connectivity index (χ4v) is 2.07. The van der Waals surface area contributed by atoms with Crippen molar-refractivity contribution in [2.24, 2.45) is 5.73 Å². The van der Waals surface area contributed by atoms with E-state index in [1.807, 2.05) is 0 Å². The van der Waals surface area contributed by atoms with Crippen molar-refractivity contribution in [2.45, 2.75) is 25.7 Å². The molecule has 0 heterocycles. The maximum Gasteiger partial charge on any atom is 0.141 e. The molecule has 0 aliphatic rings. The van der Waals surface area contributed by atoms with Gasteiger partial charge in [-0.3, -0.25) is 0 Å². The summed E-state index contributed by atoms with van der Waals surface area (Å²) in [5, 5.41) is 0. The molecular formula is C12H17BrFNO. The van der Waals surface area contributed by atoms with Crippen molar-refractivity contribution in [2.75, 3.05) is 13.7 Å². The third-order valence-electron chi connectivity index (χ3n) is 2.74. The summed E-state index contributed by atoms with van der Waals surface area (Å²) >= 11 is 3.19. The molecule has 0 unspecified atom stereocenters. The number of nitrogens with two attached hydrogens (primary N) is 1. The Hall–Kier alpha value is -0.610. The van der Waals surface area contributed by atoms with Gasteiger partial charge in [-0.1, -0.05) is 13.8 Å². The van der Waals surface area contributed by atoms with Crippen LogP contribution >= 0.6 is 15.9 Å². The minimum Gasteiger partial charge on any atom is -0.496 e. The van der Waals surface area contributed by atoms with Crippen LogP contribution < -0.4 is 10.5 Å². The SMILES string of the molecule is COc1cc(F)c(Br)cc1C(C)(C)CCN. The molecular weight excluding hydrogens is 273 g/mol. The van der Waals surface area contributed by atoms with E-state index in [4.69, 9.17) is 10.5 Å². The molecule has 2 nitrogen and oxygen atoms in total. The number of rotatable bonds is 4. The van der Waals surface area contributed by atoms with Gasteiger partial charge in [-0.05, 0) is 40.4 Å². The lowest BCUT2D eigenvalue weighted by Gasteiger charge is -2.27. The van der Waals surface area contributed by atoms with Gasteiger partial charge in [0, 0.05) is 11.6 Å². The van der Waals surface area contributed by atoms with Crippen LogP contribution in [-0.4, -0.2) is 13.7 Å². The minimum atomic E-state index is -0.316. The summed E-state index contributed by atoms with van der Waals surface area (Å²) in [6.07, 6.45) is 0.821. The van der Waals surface area contributed by atoms with E-state index in [1.165, 1.54) is 6.07 Å². The molecule has 2 N–H and O–H groups in total. The molecule has 16 heavy (non-hydrogen) atoms. The highest BCUT2D eigenvalue weighted by Gasteiger charge is 2.25. The van der Waals surface area contributed by atoms with Crippen molar-refractivity contribution in [1.29, 1.82) is 0 Å². The Morgan fingerprint density at radius 3 is 2.56 bits per heavy atom. The molecule has 1 aromatic rings. The maximum absolute atomic E-state index is 13.4. The smallest absolute Gasteiger partial charge is 0.141 e. The van der Waals surface area contributed by atoms with E-state index in [1.54, 1.807) is 13.2 Å². The van der Waals surface area contributed by atoms with Gasteiger partial charge >= 0.3 is 0 Å². The first-order chi connectivity index (χ1) is 7.42. The van der Waals surface area contributed by atoms with Crippen LogP contribution in [0.15, 0.2) is 16.6 Å². The van der Waals surface area contributed by atoms with Gasteiger partial charge in [0.1, 0.15) is 11.6 Å². The summed E-state index contributed by atoms with van der Waals surface area (Å²) < 4.78 is 19.0. The highest BCUT2D eigenvalue weighted by Crippen LogP contribution is 2.37. The highest BCUT2D eigenvalue weighted by molar-refractivity contribution is 9.10. The van der Waals surface area contributed by atoms with E-state index in [2.05, 4.69) is 29.8 Å². The standard InChI is InChI=1S/C12H17BrFNO/c1-12(2,4-5-15)8-6-9(13)10(14)7-11(8)16-3/h6-7H,4-5,15H2,1-3H3. The molecule has 0 aromatic heterocycles. The largest absolute Gasteiger partial charge is 0.496 e. The van der Waals surface area contributed by atoms with Crippen molar-refractivity contribution >= 4 is 15.9 Å². The minimum absolute atomic E-state index is 0.129. The molecule has 4 heteroatoms. The van der Waals surface area contributed by atoms with Crippen LogP contribution in [-0.2, 0) is 5.41 Å². The molecule has 0 spiro atoms. The second-order valence-electron chi connectivity index (χ2n) is 4.39. The molecule has 90 valence electrons. The summed E-state index contributed by atoms with van der Waals surface area (Å²) in [5.41, 5.74) is 6.42. The molecule has 0 aliphatic heterocycles. The van der Waals surface area contributed by atoms with E-state index in [0.717, 1.165) is 12.0 Å². The van der Waals surface area contributed by atoms with Gasteiger partial charge in [-0.25, -0.2) is 4.39 Å². The molecule has 1 aromatic carbocycles. The molecule has 0 radical (unpaired) electrons. The van der Waals surface area contributed by atoms with Gasteiger partial charge in [0.15, 0.2) is 0 Å². The monoisotopic (exact) mass is 289 g/mol. The van der Waals surface area contributed by atoms with Gasteiger partial charge in [0.05, 0.1) is 11.6 Å². The molecule has 0 fully saturated rings. The Bertz CT molecular complexity index is 380. The molecule has 0 bridgehead atoms. The molecule has 0 saturated carbocycles. The van der Waals surface area contributed by atoms with Crippen LogP contribution in [0.2, 0.25) is 0 Å². The predicted molar refractivity (Wildman–Crippen MR) is 67.3 cm³/mol. The Morgan fingerprint density at radius 1 is 1.44 bits per heavy atom. The van der Waals surface area contributed by atoms with Crippen LogP contribution in [0, 0.1) is 5.82 Å². The third-order valence-corrected chi connectivity index (χ3v) is 3.35. The second-order valence-corrected chi connectivity index (χ2v) is 5.24. The van der Waals surface area contributed by atoms with Crippen molar-refractivity contribution in [3.8, 4) is 5.75 Å². The van der Waals surface area contributed by atoms with Gasteiger partial charge in [0.2, 0.25) is 0 Å². The zero-order valence-electron chi connectivity index (χ0n) is 9.81. The number of benzene rings is 1. The third kappa shape index (κ3) is 2.74. The quantitative estimate of drug-likeness (QED) is 0.924. The van der Waals surface area contributed by atoms with E-state index in [-0.39, 0.29) is 11.2 Å². The Morgan fingerprint density at radius 2 is 2.06 bits per heavy atom. The second kappa shape index (κ2) is 5.15. The van der Waals surface area contributed by atoms with Gasteiger partial charge in [-0.2, -0.15) is 0 Å². The maximum atomic E-state index is 13.4. The normalized spacial score (nSPS) is 11.6. The highest BCUT2D eigenvalue weighted by atomic mass is 79.9. The summed E-state index contributed by atoms with van der Waals surface area (Å²) in [4.78, 5) is 0. The average molecular weight is 290 g/mol. The lowest BCUT2D eigenvalue weighted by atomic mass is 9.81. The lowest BCUT2D eigenvalue weighted by Crippen LogP contribution is -2.22. The van der Waals surface area contributed by atoms with Crippen LogP contribution in [0.5, 0.6) is 5.75 Å². The number of hydrogen-bond donors (Lipinski definition) is 1. The summed E-state index contributed by atoms with van der Waals surface area (Å²) in [5.74, 6) is 0.253. The van der Waals surface area contributed by atoms with Crippen molar-refractivity contribution in [3.63, 3.8) is 0 Å². The molecule has 0 amide bonds. The van der Waals surface area contributed by atoms with Crippen LogP contribution in [0.4, 0.5) is 4.39 Å². The predicted octanol–water partition coefficient (Wildman–Crippen LogP) is 3.22. The van der Waals surface area contributed by atoms with Crippen molar-refractivity contribution in [1.82, 2.24) is 0 Å². The number of hydrogen-bond acceptors (Lipinski definition) is 2.